The topological polar surface area (TPSA) is 73.6 Å². The van der Waals surface area contributed by atoms with Gasteiger partial charge in [-0.05, 0) is 19.4 Å². The normalized spacial score (nSPS) is 28.1. The lowest BCUT2D eigenvalue weighted by Crippen LogP contribution is -2.29. The van der Waals surface area contributed by atoms with Gasteiger partial charge in [0.25, 0.3) is 0 Å². The summed E-state index contributed by atoms with van der Waals surface area (Å²) in [6, 6.07) is 0. The highest BCUT2D eigenvalue weighted by atomic mass is 16.1. The van der Waals surface area contributed by atoms with Gasteiger partial charge in [0.1, 0.15) is 5.82 Å². The molecular formula is C8H14N4O. The molecule has 5 nitrogen and oxygen atoms in total. The fourth-order valence-corrected chi connectivity index (χ4v) is 1.94. The Labute approximate surface area is 75.9 Å². The lowest BCUT2D eigenvalue weighted by atomic mass is 9.83. The number of hydrogen-bond donors (Lipinski definition) is 3. The summed E-state index contributed by atoms with van der Waals surface area (Å²) in [4.78, 5) is 13.7. The average molecular weight is 182 g/mol. The van der Waals surface area contributed by atoms with Crippen molar-refractivity contribution >= 4 is 0 Å². The molecule has 5 heteroatoms. The summed E-state index contributed by atoms with van der Waals surface area (Å²) in [5.74, 6) is 0.796. The van der Waals surface area contributed by atoms with E-state index in [1.165, 1.54) is 0 Å². The van der Waals surface area contributed by atoms with Crippen LogP contribution in [0.4, 0.5) is 0 Å². The molecule has 1 fully saturated rings. The van der Waals surface area contributed by atoms with Crippen molar-refractivity contribution in [2.45, 2.75) is 25.2 Å². The van der Waals surface area contributed by atoms with Crippen molar-refractivity contribution in [3.63, 3.8) is 0 Å². The lowest BCUT2D eigenvalue weighted by molar-refractivity contribution is 0.427. The van der Waals surface area contributed by atoms with E-state index in [9.17, 15) is 4.79 Å². The zero-order chi connectivity index (χ0) is 9.31. The molecule has 1 saturated heterocycles. The molecule has 0 aromatic carbocycles. The van der Waals surface area contributed by atoms with Crippen molar-refractivity contribution in [1.29, 1.82) is 0 Å². The van der Waals surface area contributed by atoms with Crippen molar-refractivity contribution in [3.8, 4) is 0 Å². The van der Waals surface area contributed by atoms with E-state index in [0.29, 0.717) is 0 Å². The number of aromatic nitrogens is 3. The molecule has 1 aromatic heterocycles. The molecule has 13 heavy (non-hydrogen) atoms. The summed E-state index contributed by atoms with van der Waals surface area (Å²) in [5, 5.41) is 9.72. The summed E-state index contributed by atoms with van der Waals surface area (Å²) >= 11 is 0. The maximum atomic E-state index is 10.9. The smallest absolute Gasteiger partial charge is 0.316 e. The first-order valence-corrected chi connectivity index (χ1v) is 4.63. The van der Waals surface area contributed by atoms with Crippen LogP contribution in [0, 0.1) is 0 Å². The van der Waals surface area contributed by atoms with E-state index >= 15 is 0 Å². The summed E-state index contributed by atoms with van der Waals surface area (Å²) in [6.07, 6.45) is 2.05. The van der Waals surface area contributed by atoms with Crippen molar-refractivity contribution in [3.05, 3.63) is 16.3 Å². The molecule has 0 spiro atoms. The average Bonchev–Trinajstić information content (AvgIpc) is 2.73. The zero-order valence-electron chi connectivity index (χ0n) is 7.68. The van der Waals surface area contributed by atoms with Crippen LogP contribution in [-0.2, 0) is 5.41 Å². The minimum absolute atomic E-state index is 0.0408. The van der Waals surface area contributed by atoms with Crippen LogP contribution in [0.3, 0.4) is 0 Å². The van der Waals surface area contributed by atoms with E-state index in [4.69, 9.17) is 0 Å². The van der Waals surface area contributed by atoms with Gasteiger partial charge in [0, 0.05) is 12.0 Å². The summed E-state index contributed by atoms with van der Waals surface area (Å²) in [7, 11) is 0. The first-order chi connectivity index (χ1) is 6.27. The molecule has 72 valence electrons. The van der Waals surface area contributed by atoms with Crippen molar-refractivity contribution < 1.29 is 0 Å². The van der Waals surface area contributed by atoms with Crippen molar-refractivity contribution in [2.75, 3.05) is 13.1 Å². The van der Waals surface area contributed by atoms with E-state index in [-0.39, 0.29) is 11.1 Å². The third kappa shape index (κ3) is 1.29. The zero-order valence-corrected chi connectivity index (χ0v) is 7.68. The van der Waals surface area contributed by atoms with Gasteiger partial charge in [-0.15, -0.1) is 0 Å². The second kappa shape index (κ2) is 2.99. The molecule has 0 radical (unpaired) electrons. The Hall–Kier alpha value is -1.10. The predicted octanol–water partition coefficient (Wildman–Crippen LogP) is -0.261. The maximum absolute atomic E-state index is 10.9. The Morgan fingerprint density at radius 1 is 1.62 bits per heavy atom. The van der Waals surface area contributed by atoms with Gasteiger partial charge in [-0.1, -0.05) is 6.92 Å². The van der Waals surface area contributed by atoms with Crippen LogP contribution in [0.15, 0.2) is 4.79 Å². The molecule has 0 bridgehead atoms. The quantitative estimate of drug-likeness (QED) is 0.590. The molecular weight excluding hydrogens is 168 g/mol. The molecule has 2 heterocycles. The highest BCUT2D eigenvalue weighted by molar-refractivity contribution is 5.10. The van der Waals surface area contributed by atoms with Gasteiger partial charge < -0.3 is 5.32 Å². The second-order valence-electron chi connectivity index (χ2n) is 3.59. The fourth-order valence-electron chi connectivity index (χ4n) is 1.94. The fraction of sp³-hybridized carbons (Fsp3) is 0.750. The number of nitrogens with zero attached hydrogens (tertiary/aromatic N) is 1. The third-order valence-corrected chi connectivity index (χ3v) is 2.92. The van der Waals surface area contributed by atoms with Crippen LogP contribution in [0.5, 0.6) is 0 Å². The summed E-state index contributed by atoms with van der Waals surface area (Å²) in [5.41, 5.74) is -0.172. The Kier molecular flexibility index (Phi) is 1.95. The van der Waals surface area contributed by atoms with Gasteiger partial charge in [-0.25, -0.2) is 9.89 Å². The van der Waals surface area contributed by atoms with Gasteiger partial charge in [0.15, 0.2) is 0 Å². The number of rotatable bonds is 2. The molecule has 0 aliphatic carbocycles. The van der Waals surface area contributed by atoms with Crippen LogP contribution < -0.4 is 11.0 Å². The molecule has 1 atom stereocenters. The SMILES string of the molecule is CCC1(c2n[nH]c(=O)[nH]2)CCNC1. The number of nitrogens with one attached hydrogen (secondary N) is 3. The minimum atomic E-state index is -0.213. The second-order valence-corrected chi connectivity index (χ2v) is 3.59. The third-order valence-electron chi connectivity index (χ3n) is 2.92. The number of aromatic amines is 2. The molecule has 2 rings (SSSR count). The van der Waals surface area contributed by atoms with Crippen LogP contribution in [0.1, 0.15) is 25.6 Å². The molecule has 1 aromatic rings. The van der Waals surface area contributed by atoms with Crippen molar-refractivity contribution in [2.24, 2.45) is 0 Å². The maximum Gasteiger partial charge on any atom is 0.340 e. The van der Waals surface area contributed by atoms with E-state index in [1.807, 2.05) is 0 Å². The summed E-state index contributed by atoms with van der Waals surface area (Å²) in [6.45, 7) is 4.03. The molecule has 0 amide bonds. The molecule has 1 unspecified atom stereocenters. The van der Waals surface area contributed by atoms with Gasteiger partial charge in [-0.3, -0.25) is 4.98 Å². The Morgan fingerprint density at radius 2 is 2.46 bits per heavy atom. The molecule has 1 aliphatic heterocycles. The Bertz CT molecular complexity index is 334. The molecule has 1 aliphatic rings. The van der Waals surface area contributed by atoms with Gasteiger partial charge >= 0.3 is 5.69 Å². The van der Waals surface area contributed by atoms with Crippen molar-refractivity contribution in [1.82, 2.24) is 20.5 Å². The summed E-state index contributed by atoms with van der Waals surface area (Å²) < 4.78 is 0. The largest absolute Gasteiger partial charge is 0.340 e. The van der Waals surface area contributed by atoms with Gasteiger partial charge in [-0.2, -0.15) is 5.10 Å². The first-order valence-electron chi connectivity index (χ1n) is 4.63. The van der Waals surface area contributed by atoms with E-state index < -0.39 is 0 Å². The van der Waals surface area contributed by atoms with Crippen LogP contribution in [0.2, 0.25) is 0 Å². The highest BCUT2D eigenvalue weighted by Crippen LogP contribution is 2.30. The Morgan fingerprint density at radius 3 is 2.92 bits per heavy atom. The molecule has 3 N–H and O–H groups in total. The Balaban J connectivity index is 2.35. The van der Waals surface area contributed by atoms with Crippen LogP contribution in [0.25, 0.3) is 0 Å². The van der Waals surface area contributed by atoms with E-state index in [1.54, 1.807) is 0 Å². The predicted molar refractivity (Wildman–Crippen MR) is 48.7 cm³/mol. The lowest BCUT2D eigenvalue weighted by Gasteiger charge is -2.22. The number of hydrogen-bond acceptors (Lipinski definition) is 3. The van der Waals surface area contributed by atoms with E-state index in [0.717, 1.165) is 31.8 Å². The minimum Gasteiger partial charge on any atom is -0.316 e. The van der Waals surface area contributed by atoms with Crippen LogP contribution >= 0.6 is 0 Å². The first kappa shape index (κ1) is 8.50. The molecule has 0 saturated carbocycles. The monoisotopic (exact) mass is 182 g/mol. The highest BCUT2D eigenvalue weighted by Gasteiger charge is 2.36. The standard InChI is InChI=1S/C8H14N4O/c1-2-8(3-4-9-5-8)6-10-7(13)12-11-6/h9H,2-5H2,1H3,(H2,10,11,12,13). The van der Waals surface area contributed by atoms with E-state index in [2.05, 4.69) is 27.4 Å². The number of H-pyrrole nitrogens is 2. The van der Waals surface area contributed by atoms with Gasteiger partial charge in [0.05, 0.1) is 0 Å². The van der Waals surface area contributed by atoms with Gasteiger partial charge in [0.2, 0.25) is 0 Å². The van der Waals surface area contributed by atoms with Crippen LogP contribution in [-0.4, -0.2) is 28.3 Å².